The third-order valence-corrected chi connectivity index (χ3v) is 8.36. The Labute approximate surface area is 232 Å². The van der Waals surface area contributed by atoms with Crippen LogP contribution < -0.4 is 5.73 Å². The summed E-state index contributed by atoms with van der Waals surface area (Å²) in [5, 5.41) is 0. The largest absolute Gasteiger partial charge is 0.462 e. The van der Waals surface area contributed by atoms with Crippen LogP contribution in [0.2, 0.25) is 0 Å². The minimum Gasteiger partial charge on any atom is -0.462 e. The van der Waals surface area contributed by atoms with E-state index < -0.39 is 0 Å². The van der Waals surface area contributed by atoms with Crippen molar-refractivity contribution in [1.82, 2.24) is 4.90 Å². The molecule has 1 saturated carbocycles. The van der Waals surface area contributed by atoms with Crippen molar-refractivity contribution in [3.8, 4) is 0 Å². The van der Waals surface area contributed by atoms with Gasteiger partial charge in [-0.05, 0) is 84.0 Å². The monoisotopic (exact) mass is 523 g/mol. The molecule has 0 aromatic heterocycles. The molecule has 37 heavy (non-hydrogen) atoms. The van der Waals surface area contributed by atoms with E-state index in [1.807, 2.05) is 0 Å². The molecule has 3 atom stereocenters. The molecule has 0 aliphatic heterocycles. The molecule has 2 N–H and O–H groups in total. The molecule has 4 heteroatoms. The zero-order valence-corrected chi connectivity index (χ0v) is 25.5. The van der Waals surface area contributed by atoms with E-state index in [1.165, 1.54) is 128 Å². The second-order valence-electron chi connectivity index (χ2n) is 12.4. The minimum absolute atomic E-state index is 0.0179. The van der Waals surface area contributed by atoms with Gasteiger partial charge >= 0.3 is 5.97 Å². The second kappa shape index (κ2) is 24.4. The van der Waals surface area contributed by atoms with Gasteiger partial charge in [0.1, 0.15) is 6.10 Å². The van der Waals surface area contributed by atoms with Gasteiger partial charge < -0.3 is 15.4 Å². The molecule has 0 amide bonds. The SMILES string of the molecule is CCCCCCCCCC(CCCCCCCC1CC1CCCCCCCN)OC(=O)CCCN(C)C. The third kappa shape index (κ3) is 22.0. The number of esters is 1. The average molecular weight is 523 g/mol. The topological polar surface area (TPSA) is 55.6 Å². The molecule has 0 aromatic carbocycles. The quantitative estimate of drug-likeness (QED) is 0.0822. The molecular weight excluding hydrogens is 456 g/mol. The molecule has 0 heterocycles. The normalized spacial score (nSPS) is 17.9. The molecule has 1 aliphatic carbocycles. The van der Waals surface area contributed by atoms with Crippen molar-refractivity contribution in [3.05, 3.63) is 0 Å². The van der Waals surface area contributed by atoms with E-state index in [-0.39, 0.29) is 12.1 Å². The van der Waals surface area contributed by atoms with E-state index in [0.717, 1.165) is 44.2 Å². The van der Waals surface area contributed by atoms with Crippen LogP contribution in [-0.2, 0) is 9.53 Å². The van der Waals surface area contributed by atoms with E-state index in [4.69, 9.17) is 10.5 Å². The summed E-state index contributed by atoms with van der Waals surface area (Å²) in [5.74, 6) is 2.11. The van der Waals surface area contributed by atoms with Crippen LogP contribution in [0.3, 0.4) is 0 Å². The first-order valence-corrected chi connectivity index (χ1v) is 16.6. The predicted octanol–water partition coefficient (Wildman–Crippen LogP) is 9.05. The lowest BCUT2D eigenvalue weighted by atomic mass is 10.0. The first-order valence-electron chi connectivity index (χ1n) is 16.6. The Balaban J connectivity index is 2.09. The number of nitrogens with zero attached hydrogens (tertiary/aromatic N) is 1. The van der Waals surface area contributed by atoms with Crippen molar-refractivity contribution in [3.63, 3.8) is 0 Å². The molecule has 0 spiro atoms. The summed E-state index contributed by atoms with van der Waals surface area (Å²) in [6.45, 7) is 4.08. The highest BCUT2D eigenvalue weighted by Gasteiger charge is 2.35. The summed E-state index contributed by atoms with van der Waals surface area (Å²) in [6.07, 6.45) is 30.8. The first kappa shape index (κ1) is 34.4. The summed E-state index contributed by atoms with van der Waals surface area (Å²) in [7, 11) is 4.12. The third-order valence-electron chi connectivity index (χ3n) is 8.36. The summed E-state index contributed by atoms with van der Waals surface area (Å²) in [5.41, 5.74) is 5.58. The zero-order chi connectivity index (χ0) is 27.0. The molecule has 1 aliphatic rings. The Bertz CT molecular complexity index is 511. The van der Waals surface area contributed by atoms with Crippen LogP contribution >= 0.6 is 0 Å². The molecule has 0 radical (unpaired) electrons. The van der Waals surface area contributed by atoms with Crippen LogP contribution in [0.4, 0.5) is 0 Å². The Hall–Kier alpha value is -0.610. The van der Waals surface area contributed by atoms with Crippen molar-refractivity contribution in [2.45, 2.75) is 167 Å². The number of nitrogens with two attached hydrogens (primary N) is 1. The van der Waals surface area contributed by atoms with Crippen LogP contribution in [0.5, 0.6) is 0 Å². The fourth-order valence-electron chi connectivity index (χ4n) is 5.78. The Morgan fingerprint density at radius 2 is 1.22 bits per heavy atom. The number of hydrogen-bond acceptors (Lipinski definition) is 4. The maximum Gasteiger partial charge on any atom is 0.306 e. The van der Waals surface area contributed by atoms with E-state index in [9.17, 15) is 4.79 Å². The molecule has 0 saturated heterocycles. The predicted molar refractivity (Wildman–Crippen MR) is 161 cm³/mol. The van der Waals surface area contributed by atoms with Gasteiger partial charge in [-0.3, -0.25) is 4.79 Å². The van der Waals surface area contributed by atoms with Crippen LogP contribution in [-0.4, -0.2) is 44.2 Å². The lowest BCUT2D eigenvalue weighted by Crippen LogP contribution is -2.20. The van der Waals surface area contributed by atoms with E-state index in [1.54, 1.807) is 0 Å². The number of hydrogen-bond donors (Lipinski definition) is 1. The molecule has 0 aromatic rings. The maximum absolute atomic E-state index is 12.4. The van der Waals surface area contributed by atoms with Gasteiger partial charge in [0.2, 0.25) is 0 Å². The van der Waals surface area contributed by atoms with Gasteiger partial charge in [-0.1, -0.05) is 110 Å². The summed E-state index contributed by atoms with van der Waals surface area (Å²) < 4.78 is 5.95. The van der Waals surface area contributed by atoms with Crippen molar-refractivity contribution in [1.29, 1.82) is 0 Å². The fraction of sp³-hybridized carbons (Fsp3) is 0.970. The van der Waals surface area contributed by atoms with Gasteiger partial charge in [-0.15, -0.1) is 0 Å². The van der Waals surface area contributed by atoms with Gasteiger partial charge in [0.25, 0.3) is 0 Å². The summed E-state index contributed by atoms with van der Waals surface area (Å²) >= 11 is 0. The average Bonchev–Trinajstić information content (AvgIpc) is 3.62. The highest BCUT2D eigenvalue weighted by Crippen LogP contribution is 2.45. The fourth-order valence-corrected chi connectivity index (χ4v) is 5.78. The number of carbonyl (C=O) groups is 1. The molecule has 0 bridgehead atoms. The lowest BCUT2D eigenvalue weighted by molar-refractivity contribution is -0.150. The van der Waals surface area contributed by atoms with Crippen LogP contribution in [0, 0.1) is 11.8 Å². The zero-order valence-electron chi connectivity index (χ0n) is 25.5. The number of unbranched alkanes of at least 4 members (excludes halogenated alkanes) is 14. The standard InChI is InChI=1S/C33H66N2O2/c1-4-5-6-7-8-13-18-24-32(37-33(36)26-21-28-35(2)3)25-19-14-9-11-16-22-30-29-31(30)23-17-12-10-15-20-27-34/h30-32H,4-29,34H2,1-3H3. The van der Waals surface area contributed by atoms with Gasteiger partial charge in [-0.25, -0.2) is 0 Å². The van der Waals surface area contributed by atoms with Crippen LogP contribution in [0.15, 0.2) is 0 Å². The summed E-state index contributed by atoms with van der Waals surface area (Å²) in [4.78, 5) is 14.5. The highest BCUT2D eigenvalue weighted by molar-refractivity contribution is 5.69. The number of carbonyl (C=O) groups excluding carboxylic acids is 1. The van der Waals surface area contributed by atoms with E-state index in [0.29, 0.717) is 6.42 Å². The number of ether oxygens (including phenoxy) is 1. The van der Waals surface area contributed by atoms with Gasteiger partial charge in [0.05, 0.1) is 0 Å². The van der Waals surface area contributed by atoms with Gasteiger partial charge in [0, 0.05) is 6.42 Å². The van der Waals surface area contributed by atoms with Crippen molar-refractivity contribution < 1.29 is 9.53 Å². The van der Waals surface area contributed by atoms with E-state index >= 15 is 0 Å². The smallest absolute Gasteiger partial charge is 0.306 e. The lowest BCUT2D eigenvalue weighted by Gasteiger charge is -2.18. The first-order chi connectivity index (χ1) is 18.1. The van der Waals surface area contributed by atoms with E-state index in [2.05, 4.69) is 25.9 Å². The molecule has 1 fully saturated rings. The molecular formula is C33H66N2O2. The number of rotatable bonds is 28. The Kier molecular flexibility index (Phi) is 22.7. The van der Waals surface area contributed by atoms with Crippen molar-refractivity contribution in [2.24, 2.45) is 17.6 Å². The summed E-state index contributed by atoms with van der Waals surface area (Å²) in [6, 6.07) is 0. The highest BCUT2D eigenvalue weighted by atomic mass is 16.5. The van der Waals surface area contributed by atoms with Crippen LogP contribution in [0.25, 0.3) is 0 Å². The molecule has 4 nitrogen and oxygen atoms in total. The van der Waals surface area contributed by atoms with Crippen LogP contribution in [0.1, 0.15) is 161 Å². The minimum atomic E-state index is 0.0179. The molecule has 220 valence electrons. The van der Waals surface area contributed by atoms with Gasteiger partial charge in [-0.2, -0.15) is 0 Å². The second-order valence-corrected chi connectivity index (χ2v) is 12.4. The van der Waals surface area contributed by atoms with Gasteiger partial charge in [0.15, 0.2) is 0 Å². The van der Waals surface area contributed by atoms with Crippen molar-refractivity contribution in [2.75, 3.05) is 27.2 Å². The molecule has 3 unspecified atom stereocenters. The maximum atomic E-state index is 12.4. The van der Waals surface area contributed by atoms with Crippen molar-refractivity contribution >= 4 is 5.97 Å². The Morgan fingerprint density at radius 3 is 1.73 bits per heavy atom. The Morgan fingerprint density at radius 1 is 0.730 bits per heavy atom. The molecule has 1 rings (SSSR count).